The van der Waals surface area contributed by atoms with Crippen LogP contribution in [-0.2, 0) is 0 Å². The second-order valence-electron chi connectivity index (χ2n) is 5.25. The van der Waals surface area contributed by atoms with E-state index in [1.54, 1.807) is 30.3 Å². The van der Waals surface area contributed by atoms with Crippen molar-refractivity contribution in [2.45, 2.75) is 6.92 Å². The van der Waals surface area contributed by atoms with Crippen LogP contribution in [0.2, 0.25) is 10.0 Å². The molecule has 0 saturated heterocycles. The average molecular weight is 391 g/mol. The smallest absolute Gasteiger partial charge is 0.334 e. The molecule has 0 atom stereocenters. The molecule has 10 heteroatoms. The minimum atomic E-state index is -0.577. The van der Waals surface area contributed by atoms with Gasteiger partial charge in [-0.3, -0.25) is 10.1 Å². The zero-order valence-electron chi connectivity index (χ0n) is 13.4. The number of hydrogen-bond acceptors (Lipinski definition) is 7. The number of nitro groups is 1. The number of aromatic nitrogens is 3. The minimum absolute atomic E-state index is 0.00140. The number of pyridine rings is 1. The first-order valence-electron chi connectivity index (χ1n) is 7.35. The Bertz CT molecular complexity index is 962. The van der Waals surface area contributed by atoms with Crippen molar-refractivity contribution in [1.82, 2.24) is 15.0 Å². The summed E-state index contributed by atoms with van der Waals surface area (Å²) in [6, 6.07) is 9.99. The Kier molecular flexibility index (Phi) is 5.15. The van der Waals surface area contributed by atoms with E-state index < -0.39 is 4.92 Å². The van der Waals surface area contributed by atoms with Gasteiger partial charge in [0.1, 0.15) is 12.1 Å². The van der Waals surface area contributed by atoms with Crippen molar-refractivity contribution in [2.75, 3.05) is 10.6 Å². The number of aryl methyl sites for hydroxylation is 1. The van der Waals surface area contributed by atoms with Gasteiger partial charge in [-0.05, 0) is 37.3 Å². The molecule has 2 aromatic heterocycles. The lowest BCUT2D eigenvalue weighted by atomic mass is 10.3. The van der Waals surface area contributed by atoms with E-state index in [-0.39, 0.29) is 17.3 Å². The van der Waals surface area contributed by atoms with Crippen LogP contribution in [-0.4, -0.2) is 19.9 Å². The fraction of sp³-hybridized carbons (Fsp3) is 0.0625. The Labute approximate surface area is 158 Å². The van der Waals surface area contributed by atoms with Gasteiger partial charge >= 0.3 is 5.69 Å². The van der Waals surface area contributed by atoms with Crippen LogP contribution < -0.4 is 10.6 Å². The molecule has 132 valence electrons. The molecule has 0 aliphatic carbocycles. The molecule has 26 heavy (non-hydrogen) atoms. The molecule has 0 aliphatic heterocycles. The van der Waals surface area contributed by atoms with Gasteiger partial charge in [0.25, 0.3) is 0 Å². The van der Waals surface area contributed by atoms with Crippen LogP contribution in [0.25, 0.3) is 0 Å². The number of halogens is 2. The third-order valence-electron chi connectivity index (χ3n) is 3.26. The van der Waals surface area contributed by atoms with Crippen molar-refractivity contribution < 1.29 is 4.92 Å². The fourth-order valence-corrected chi connectivity index (χ4v) is 2.76. The van der Waals surface area contributed by atoms with E-state index in [1.807, 2.05) is 13.0 Å². The van der Waals surface area contributed by atoms with Gasteiger partial charge < -0.3 is 10.6 Å². The second-order valence-corrected chi connectivity index (χ2v) is 6.12. The normalized spacial score (nSPS) is 10.4. The standard InChI is InChI=1S/C16H12Cl2N6O2/c1-9-3-2-4-13(21-9)23-16-14(24(25)26)15(19-8-20-16)22-12-6-10(17)5-11(18)7-12/h2-8H,1H3,(H2,19,20,21,22,23). The lowest BCUT2D eigenvalue weighted by Gasteiger charge is -2.10. The van der Waals surface area contributed by atoms with Gasteiger partial charge in [0.2, 0.25) is 11.6 Å². The highest BCUT2D eigenvalue weighted by molar-refractivity contribution is 6.35. The molecule has 3 aromatic rings. The van der Waals surface area contributed by atoms with Crippen molar-refractivity contribution >= 4 is 52.0 Å². The van der Waals surface area contributed by atoms with E-state index in [1.165, 1.54) is 6.33 Å². The number of rotatable bonds is 5. The summed E-state index contributed by atoms with van der Waals surface area (Å²) in [5.74, 6) is 0.445. The predicted molar refractivity (Wildman–Crippen MR) is 101 cm³/mol. The summed E-state index contributed by atoms with van der Waals surface area (Å²) in [6.45, 7) is 1.81. The molecule has 0 unspecified atom stereocenters. The SMILES string of the molecule is Cc1cccc(Nc2ncnc(Nc3cc(Cl)cc(Cl)c3)c2[N+](=O)[O-])n1. The van der Waals surface area contributed by atoms with E-state index in [0.717, 1.165) is 5.69 Å². The van der Waals surface area contributed by atoms with Gasteiger partial charge in [0, 0.05) is 21.4 Å². The minimum Gasteiger partial charge on any atom is -0.334 e. The first kappa shape index (κ1) is 17.8. The highest BCUT2D eigenvalue weighted by Gasteiger charge is 2.23. The number of hydrogen-bond donors (Lipinski definition) is 2. The van der Waals surface area contributed by atoms with Gasteiger partial charge in [0.05, 0.1) is 4.92 Å². The summed E-state index contributed by atoms with van der Waals surface area (Å²) >= 11 is 11.9. The largest absolute Gasteiger partial charge is 0.353 e. The third kappa shape index (κ3) is 4.16. The molecule has 8 nitrogen and oxygen atoms in total. The Morgan fingerprint density at radius 1 is 1.04 bits per heavy atom. The molecule has 3 rings (SSSR count). The van der Waals surface area contributed by atoms with Crippen molar-refractivity contribution in [1.29, 1.82) is 0 Å². The van der Waals surface area contributed by atoms with Gasteiger partial charge in [-0.25, -0.2) is 15.0 Å². The van der Waals surface area contributed by atoms with E-state index in [4.69, 9.17) is 23.2 Å². The molecule has 0 amide bonds. The Balaban J connectivity index is 1.99. The number of benzene rings is 1. The number of nitrogens with one attached hydrogen (secondary N) is 2. The molecular formula is C16H12Cl2N6O2. The Morgan fingerprint density at radius 3 is 2.31 bits per heavy atom. The van der Waals surface area contributed by atoms with E-state index >= 15 is 0 Å². The number of anilines is 4. The highest BCUT2D eigenvalue weighted by Crippen LogP contribution is 2.33. The molecule has 0 fully saturated rings. The van der Waals surface area contributed by atoms with Crippen molar-refractivity contribution in [3.63, 3.8) is 0 Å². The molecule has 0 radical (unpaired) electrons. The summed E-state index contributed by atoms with van der Waals surface area (Å²) < 4.78 is 0. The lowest BCUT2D eigenvalue weighted by Crippen LogP contribution is -2.06. The number of nitrogens with zero attached hydrogens (tertiary/aromatic N) is 4. The van der Waals surface area contributed by atoms with E-state index in [2.05, 4.69) is 25.6 Å². The fourth-order valence-electron chi connectivity index (χ4n) is 2.23. The van der Waals surface area contributed by atoms with Crippen LogP contribution in [0.3, 0.4) is 0 Å². The van der Waals surface area contributed by atoms with Crippen LogP contribution in [0.4, 0.5) is 28.8 Å². The molecule has 0 spiro atoms. The maximum absolute atomic E-state index is 11.6. The van der Waals surface area contributed by atoms with Gasteiger partial charge in [-0.15, -0.1) is 0 Å². The second kappa shape index (κ2) is 7.51. The monoisotopic (exact) mass is 390 g/mol. The molecule has 1 aromatic carbocycles. The molecule has 2 N–H and O–H groups in total. The van der Waals surface area contributed by atoms with Crippen LogP contribution in [0.5, 0.6) is 0 Å². The Morgan fingerprint density at radius 2 is 1.69 bits per heavy atom. The third-order valence-corrected chi connectivity index (χ3v) is 3.70. The first-order chi connectivity index (χ1) is 12.4. The molecule has 0 saturated carbocycles. The summed E-state index contributed by atoms with van der Waals surface area (Å²) in [4.78, 5) is 23.2. The van der Waals surface area contributed by atoms with Crippen LogP contribution >= 0.6 is 23.2 Å². The first-order valence-corrected chi connectivity index (χ1v) is 8.11. The van der Waals surface area contributed by atoms with Crippen LogP contribution in [0.15, 0.2) is 42.7 Å². The van der Waals surface area contributed by atoms with Crippen LogP contribution in [0, 0.1) is 17.0 Å². The molecule has 0 bridgehead atoms. The predicted octanol–water partition coefficient (Wildman–Crippen LogP) is 4.88. The van der Waals surface area contributed by atoms with E-state index in [9.17, 15) is 10.1 Å². The maximum Gasteiger partial charge on any atom is 0.353 e. The van der Waals surface area contributed by atoms with Crippen LogP contribution in [0.1, 0.15) is 5.69 Å². The van der Waals surface area contributed by atoms with Crippen molar-refractivity contribution in [3.05, 3.63) is 68.6 Å². The molecular weight excluding hydrogens is 379 g/mol. The van der Waals surface area contributed by atoms with Crippen molar-refractivity contribution in [2.24, 2.45) is 0 Å². The van der Waals surface area contributed by atoms with E-state index in [0.29, 0.717) is 21.6 Å². The molecule has 2 heterocycles. The average Bonchev–Trinajstić information content (AvgIpc) is 2.53. The highest BCUT2D eigenvalue weighted by atomic mass is 35.5. The van der Waals surface area contributed by atoms with Crippen molar-refractivity contribution in [3.8, 4) is 0 Å². The molecule has 0 aliphatic rings. The van der Waals surface area contributed by atoms with Gasteiger partial charge in [0.15, 0.2) is 0 Å². The zero-order valence-corrected chi connectivity index (χ0v) is 14.9. The van der Waals surface area contributed by atoms with Gasteiger partial charge in [-0.1, -0.05) is 29.3 Å². The zero-order chi connectivity index (χ0) is 18.7. The summed E-state index contributed by atoms with van der Waals surface area (Å²) in [7, 11) is 0. The maximum atomic E-state index is 11.6. The summed E-state index contributed by atoms with van der Waals surface area (Å²) in [6.07, 6.45) is 1.21. The summed E-state index contributed by atoms with van der Waals surface area (Å²) in [5.41, 5.74) is 0.898. The lowest BCUT2D eigenvalue weighted by molar-refractivity contribution is -0.383. The topological polar surface area (TPSA) is 106 Å². The quantitative estimate of drug-likeness (QED) is 0.472. The Hall–Kier alpha value is -2.97. The van der Waals surface area contributed by atoms with Gasteiger partial charge in [-0.2, -0.15) is 0 Å². The summed E-state index contributed by atoms with van der Waals surface area (Å²) in [5, 5.41) is 18.1.